The second-order valence-electron chi connectivity index (χ2n) is 12.1. The van der Waals surface area contributed by atoms with Crippen molar-refractivity contribution >= 4 is 17.4 Å². The standard InChI is InChI=1S/C27H33FN4O3.C4H10O/c1-16-19-10-6-12-35-27(19)22(28)13-20(16)26-21(14-25(33)34)17(2)30-24-15-23(31-32(24)26)29-11-5-9-18-7-3-4-8-18;1-4(2,3)5/h13,15,18H,3-12,14H2,1-2H3,(H,29,31)(H,33,34);5H,1-3H3. The zero-order chi connectivity index (χ0) is 29.0. The third-order valence-electron chi connectivity index (χ3n) is 7.50. The molecule has 1 aliphatic carbocycles. The topological polar surface area (TPSA) is 109 Å². The molecule has 9 heteroatoms. The zero-order valence-corrected chi connectivity index (χ0v) is 24.4. The molecular weight excluding hydrogens is 511 g/mol. The molecule has 1 saturated carbocycles. The van der Waals surface area contributed by atoms with Gasteiger partial charge in [-0.05, 0) is 77.8 Å². The number of halogens is 1. The average Bonchev–Trinajstić information content (AvgIpc) is 3.53. The summed E-state index contributed by atoms with van der Waals surface area (Å²) in [6, 6.07) is 3.33. The van der Waals surface area contributed by atoms with Crippen LogP contribution in [0.4, 0.5) is 10.2 Å². The van der Waals surface area contributed by atoms with Crippen LogP contribution in [0.25, 0.3) is 16.9 Å². The number of carbonyl (C=O) groups is 1. The van der Waals surface area contributed by atoms with Crippen LogP contribution in [0.2, 0.25) is 0 Å². The van der Waals surface area contributed by atoms with Crippen LogP contribution in [-0.2, 0) is 17.6 Å². The molecule has 5 rings (SSSR count). The van der Waals surface area contributed by atoms with E-state index in [0.717, 1.165) is 42.9 Å². The Bertz CT molecular complexity index is 1350. The largest absolute Gasteiger partial charge is 0.490 e. The van der Waals surface area contributed by atoms with Crippen molar-refractivity contribution in [3.63, 3.8) is 0 Å². The fourth-order valence-electron chi connectivity index (χ4n) is 5.69. The number of anilines is 1. The van der Waals surface area contributed by atoms with Gasteiger partial charge in [0.2, 0.25) is 0 Å². The van der Waals surface area contributed by atoms with E-state index in [9.17, 15) is 9.90 Å². The number of aliphatic hydroxyl groups is 1. The molecule has 3 heterocycles. The van der Waals surface area contributed by atoms with Gasteiger partial charge in [-0.1, -0.05) is 25.7 Å². The summed E-state index contributed by atoms with van der Waals surface area (Å²) in [4.78, 5) is 16.4. The first kappa shape index (κ1) is 29.8. The Kier molecular flexibility index (Phi) is 9.33. The van der Waals surface area contributed by atoms with Crippen LogP contribution >= 0.6 is 0 Å². The number of aliphatic carboxylic acids is 1. The number of nitrogens with one attached hydrogen (secondary N) is 1. The molecule has 0 radical (unpaired) electrons. The SMILES string of the molecule is CC(C)(C)O.Cc1nc2cc(NCCCC3CCCC3)nn2c(-c2cc(F)c3c(c2C)CCCO3)c1CC(=O)O. The van der Waals surface area contributed by atoms with Crippen molar-refractivity contribution in [1.82, 2.24) is 14.6 Å². The zero-order valence-electron chi connectivity index (χ0n) is 24.4. The predicted octanol–water partition coefficient (Wildman–Crippen LogP) is 6.26. The number of hydrogen-bond acceptors (Lipinski definition) is 6. The van der Waals surface area contributed by atoms with Gasteiger partial charge in [-0.25, -0.2) is 13.9 Å². The molecule has 1 aliphatic heterocycles. The highest BCUT2D eigenvalue weighted by atomic mass is 19.1. The molecule has 218 valence electrons. The lowest BCUT2D eigenvalue weighted by Gasteiger charge is -2.23. The van der Waals surface area contributed by atoms with Gasteiger partial charge in [0.25, 0.3) is 0 Å². The molecule has 1 fully saturated rings. The van der Waals surface area contributed by atoms with E-state index in [1.807, 2.05) is 13.0 Å². The van der Waals surface area contributed by atoms with Gasteiger partial charge in [0.1, 0.15) is 0 Å². The van der Waals surface area contributed by atoms with Crippen LogP contribution in [0.15, 0.2) is 12.1 Å². The molecule has 40 heavy (non-hydrogen) atoms. The van der Waals surface area contributed by atoms with Gasteiger partial charge in [0, 0.05) is 35.0 Å². The predicted molar refractivity (Wildman–Crippen MR) is 155 cm³/mol. The molecule has 3 aromatic rings. The monoisotopic (exact) mass is 554 g/mol. The summed E-state index contributed by atoms with van der Waals surface area (Å²) in [5.41, 5.74) is 4.21. The van der Waals surface area contributed by atoms with E-state index in [0.29, 0.717) is 46.3 Å². The molecule has 0 atom stereocenters. The number of carboxylic acids is 1. The number of nitrogens with zero attached hydrogens (tertiary/aromatic N) is 3. The van der Waals surface area contributed by atoms with Crippen molar-refractivity contribution in [3.05, 3.63) is 40.3 Å². The Morgan fingerprint density at radius 2 is 1.90 bits per heavy atom. The summed E-state index contributed by atoms with van der Waals surface area (Å²) in [6.45, 7) is 10.3. The van der Waals surface area contributed by atoms with Crippen molar-refractivity contribution in [3.8, 4) is 17.0 Å². The number of benzene rings is 1. The first-order valence-corrected chi connectivity index (χ1v) is 14.4. The van der Waals surface area contributed by atoms with Crippen LogP contribution in [0.5, 0.6) is 5.75 Å². The second kappa shape index (κ2) is 12.5. The van der Waals surface area contributed by atoms with Gasteiger partial charge >= 0.3 is 5.97 Å². The van der Waals surface area contributed by atoms with E-state index in [2.05, 4.69) is 10.3 Å². The maximum absolute atomic E-state index is 15.1. The van der Waals surface area contributed by atoms with E-state index in [1.165, 1.54) is 38.2 Å². The normalized spacial score (nSPS) is 15.4. The first-order chi connectivity index (χ1) is 18.9. The molecule has 0 amide bonds. The van der Waals surface area contributed by atoms with E-state index in [1.54, 1.807) is 32.2 Å². The van der Waals surface area contributed by atoms with Gasteiger partial charge < -0.3 is 20.3 Å². The van der Waals surface area contributed by atoms with E-state index < -0.39 is 17.4 Å². The molecule has 0 bridgehead atoms. The van der Waals surface area contributed by atoms with E-state index in [-0.39, 0.29) is 6.42 Å². The Balaban J connectivity index is 0.000000681. The molecular formula is C31H43FN4O4. The Morgan fingerprint density at radius 1 is 1.20 bits per heavy atom. The summed E-state index contributed by atoms with van der Waals surface area (Å²) in [5.74, 6) is 0.452. The highest BCUT2D eigenvalue weighted by Gasteiger charge is 2.26. The van der Waals surface area contributed by atoms with Crippen LogP contribution in [0.1, 0.15) is 88.1 Å². The molecule has 0 spiro atoms. The van der Waals surface area contributed by atoms with Crippen molar-refractivity contribution in [1.29, 1.82) is 0 Å². The molecule has 3 N–H and O–H groups in total. The fraction of sp³-hybridized carbons (Fsp3) is 0.581. The molecule has 2 aliphatic rings. The minimum absolute atomic E-state index is 0.219. The maximum atomic E-state index is 15.1. The number of ether oxygens (including phenoxy) is 1. The Labute approximate surface area is 236 Å². The van der Waals surface area contributed by atoms with Crippen LogP contribution in [-0.4, -0.2) is 49.5 Å². The second-order valence-corrected chi connectivity index (χ2v) is 12.1. The fourth-order valence-corrected chi connectivity index (χ4v) is 5.69. The summed E-state index contributed by atoms with van der Waals surface area (Å²) < 4.78 is 22.4. The van der Waals surface area contributed by atoms with Crippen LogP contribution < -0.4 is 10.1 Å². The number of hydrogen-bond donors (Lipinski definition) is 3. The lowest BCUT2D eigenvalue weighted by atomic mass is 9.91. The minimum Gasteiger partial charge on any atom is -0.490 e. The lowest BCUT2D eigenvalue weighted by Crippen LogP contribution is -2.14. The van der Waals surface area contributed by atoms with Crippen molar-refractivity contribution in [2.45, 2.75) is 98.0 Å². The summed E-state index contributed by atoms with van der Waals surface area (Å²) >= 11 is 0. The quantitative estimate of drug-likeness (QED) is 0.282. The minimum atomic E-state index is -0.965. The summed E-state index contributed by atoms with van der Waals surface area (Å²) in [5, 5.41) is 26.3. The Hall–Kier alpha value is -3.20. The molecule has 0 unspecified atom stereocenters. The van der Waals surface area contributed by atoms with Gasteiger partial charge in [0.15, 0.2) is 23.0 Å². The maximum Gasteiger partial charge on any atom is 0.307 e. The molecule has 2 aromatic heterocycles. The third kappa shape index (κ3) is 7.30. The van der Waals surface area contributed by atoms with Gasteiger partial charge in [-0.15, -0.1) is 5.10 Å². The van der Waals surface area contributed by atoms with E-state index in [4.69, 9.17) is 14.9 Å². The van der Waals surface area contributed by atoms with Gasteiger partial charge in [-0.3, -0.25) is 4.79 Å². The molecule has 1 aromatic carbocycles. The van der Waals surface area contributed by atoms with Crippen molar-refractivity contribution in [2.75, 3.05) is 18.5 Å². The number of fused-ring (bicyclic) bond motifs is 2. The van der Waals surface area contributed by atoms with Crippen molar-refractivity contribution < 1.29 is 24.1 Å². The van der Waals surface area contributed by atoms with Gasteiger partial charge in [-0.2, -0.15) is 0 Å². The molecule has 8 nitrogen and oxygen atoms in total. The van der Waals surface area contributed by atoms with Crippen LogP contribution in [0.3, 0.4) is 0 Å². The number of aryl methyl sites for hydroxylation is 1. The smallest absolute Gasteiger partial charge is 0.307 e. The Morgan fingerprint density at radius 3 is 2.58 bits per heavy atom. The van der Waals surface area contributed by atoms with Crippen molar-refractivity contribution in [2.24, 2.45) is 5.92 Å². The highest BCUT2D eigenvalue weighted by Crippen LogP contribution is 2.39. The first-order valence-electron chi connectivity index (χ1n) is 14.4. The summed E-state index contributed by atoms with van der Waals surface area (Å²) in [7, 11) is 0. The number of carboxylic acid groups (broad SMARTS) is 1. The number of rotatable bonds is 8. The van der Waals surface area contributed by atoms with Crippen LogP contribution in [0, 0.1) is 25.6 Å². The van der Waals surface area contributed by atoms with E-state index >= 15 is 4.39 Å². The molecule has 0 saturated heterocycles. The number of aromatic nitrogens is 3. The lowest BCUT2D eigenvalue weighted by molar-refractivity contribution is -0.136. The van der Waals surface area contributed by atoms with Gasteiger partial charge in [0.05, 0.1) is 24.3 Å². The average molecular weight is 555 g/mol. The highest BCUT2D eigenvalue weighted by molar-refractivity contribution is 5.79. The third-order valence-corrected chi connectivity index (χ3v) is 7.50. The summed E-state index contributed by atoms with van der Waals surface area (Å²) in [6.07, 6.45) is 9.02.